The number of ether oxygens (including phenoxy) is 1. The molecule has 0 aliphatic heterocycles. The fourth-order valence-corrected chi connectivity index (χ4v) is 2.11. The van der Waals surface area contributed by atoms with Gasteiger partial charge in [-0.25, -0.2) is 0 Å². The van der Waals surface area contributed by atoms with Gasteiger partial charge in [-0.1, -0.05) is 49.9 Å². The number of allylic oxidation sites excluding steroid dienone is 4. The molecule has 3 heteroatoms. The summed E-state index contributed by atoms with van der Waals surface area (Å²) >= 11 is 0. The Morgan fingerprint density at radius 3 is 2.79 bits per heavy atom. The van der Waals surface area contributed by atoms with Crippen molar-refractivity contribution in [3.8, 4) is 0 Å². The summed E-state index contributed by atoms with van der Waals surface area (Å²) < 4.78 is 5.75. The third-order valence-corrected chi connectivity index (χ3v) is 3.33. The maximum Gasteiger partial charge on any atom is 0.144 e. The number of nitrogens with zero attached hydrogens (tertiary/aromatic N) is 1. The van der Waals surface area contributed by atoms with Crippen molar-refractivity contribution in [2.45, 2.75) is 64.7 Å². The van der Waals surface area contributed by atoms with Crippen LogP contribution in [0.25, 0.3) is 0 Å². The summed E-state index contributed by atoms with van der Waals surface area (Å²) in [7, 11) is 0. The zero-order valence-corrected chi connectivity index (χ0v) is 12.1. The molecule has 0 fully saturated rings. The molecule has 19 heavy (non-hydrogen) atoms. The molecule has 0 saturated carbocycles. The van der Waals surface area contributed by atoms with Gasteiger partial charge < -0.3 is 9.94 Å². The Morgan fingerprint density at radius 1 is 1.21 bits per heavy atom. The zero-order chi connectivity index (χ0) is 13.8. The smallest absolute Gasteiger partial charge is 0.144 e. The van der Waals surface area contributed by atoms with E-state index >= 15 is 0 Å². The van der Waals surface area contributed by atoms with Gasteiger partial charge in [0, 0.05) is 0 Å². The van der Waals surface area contributed by atoms with E-state index in [1.54, 1.807) is 0 Å². The van der Waals surface area contributed by atoms with Crippen molar-refractivity contribution in [3.63, 3.8) is 0 Å². The summed E-state index contributed by atoms with van der Waals surface area (Å²) in [6.45, 7) is 2.83. The lowest BCUT2D eigenvalue weighted by Crippen LogP contribution is -2.08. The quantitative estimate of drug-likeness (QED) is 0.450. The Balaban J connectivity index is 2.67. The molecule has 1 rings (SSSR count). The van der Waals surface area contributed by atoms with E-state index in [1.807, 2.05) is 12.2 Å². The highest BCUT2D eigenvalue weighted by atomic mass is 16.5. The topological polar surface area (TPSA) is 41.8 Å². The molecule has 0 spiro atoms. The molecule has 1 aliphatic carbocycles. The van der Waals surface area contributed by atoms with Crippen molar-refractivity contribution in [2.75, 3.05) is 6.61 Å². The zero-order valence-electron chi connectivity index (χ0n) is 12.1. The van der Waals surface area contributed by atoms with Crippen LogP contribution in [0.1, 0.15) is 64.7 Å². The number of oxime groups is 1. The monoisotopic (exact) mass is 265 g/mol. The Labute approximate surface area is 117 Å². The normalized spacial score (nSPS) is 24.9. The van der Waals surface area contributed by atoms with E-state index in [0.717, 1.165) is 37.9 Å². The van der Waals surface area contributed by atoms with Crippen LogP contribution in [0.4, 0.5) is 0 Å². The fourth-order valence-electron chi connectivity index (χ4n) is 2.11. The second kappa shape index (κ2) is 10.7. The molecule has 0 radical (unpaired) electrons. The van der Waals surface area contributed by atoms with Gasteiger partial charge in [0.15, 0.2) is 0 Å². The number of hydrogen-bond donors (Lipinski definition) is 1. The van der Waals surface area contributed by atoms with Crippen molar-refractivity contribution >= 4 is 5.71 Å². The Morgan fingerprint density at radius 2 is 2.00 bits per heavy atom. The molecule has 1 N–H and O–H groups in total. The molecule has 1 aliphatic rings. The maximum atomic E-state index is 9.17. The van der Waals surface area contributed by atoms with Gasteiger partial charge in [0.1, 0.15) is 11.5 Å². The first-order valence-corrected chi connectivity index (χ1v) is 7.59. The van der Waals surface area contributed by atoms with Gasteiger partial charge in [-0.3, -0.25) is 0 Å². The first-order valence-electron chi connectivity index (χ1n) is 7.59. The van der Waals surface area contributed by atoms with Crippen molar-refractivity contribution in [2.24, 2.45) is 5.16 Å². The minimum absolute atomic E-state index is 0.682. The average Bonchev–Trinajstić information content (AvgIpc) is 2.41. The van der Waals surface area contributed by atoms with E-state index < -0.39 is 0 Å². The van der Waals surface area contributed by atoms with E-state index in [1.165, 1.54) is 25.7 Å². The van der Waals surface area contributed by atoms with Gasteiger partial charge in [0.25, 0.3) is 0 Å². The second-order valence-corrected chi connectivity index (χ2v) is 5.01. The highest BCUT2D eigenvalue weighted by Crippen LogP contribution is 2.14. The summed E-state index contributed by atoms with van der Waals surface area (Å²) in [5, 5.41) is 12.6. The lowest BCUT2D eigenvalue weighted by molar-refractivity contribution is 0.221. The molecule has 0 atom stereocenters. The highest BCUT2D eigenvalue weighted by molar-refractivity contribution is 5.98. The third-order valence-electron chi connectivity index (χ3n) is 3.33. The average molecular weight is 265 g/mol. The molecule has 0 aromatic rings. The van der Waals surface area contributed by atoms with E-state index in [2.05, 4.69) is 18.2 Å². The van der Waals surface area contributed by atoms with E-state index in [0.29, 0.717) is 12.3 Å². The number of rotatable bonds is 4. The SMILES string of the molecule is CCCCO/C1=C\C=C/CCCCCCC\C1=N\O. The van der Waals surface area contributed by atoms with Gasteiger partial charge in [0.2, 0.25) is 0 Å². The van der Waals surface area contributed by atoms with Crippen LogP contribution < -0.4 is 0 Å². The molecule has 0 aromatic heterocycles. The lowest BCUT2D eigenvalue weighted by Gasteiger charge is -2.11. The predicted molar refractivity (Wildman–Crippen MR) is 79.6 cm³/mol. The molecule has 0 aromatic carbocycles. The standard InChI is InChI=1S/C16H27NO2/c1-2-3-14-19-16-13-11-9-7-5-4-6-8-10-12-15(16)17-18/h9,11,13,18H,2-8,10,12,14H2,1H3/b11-9-,16-13-,17-15-. The Kier molecular flexibility index (Phi) is 8.86. The number of unbranched alkanes of at least 4 members (excludes halogenated alkanes) is 1. The van der Waals surface area contributed by atoms with E-state index in [-0.39, 0.29) is 0 Å². The highest BCUT2D eigenvalue weighted by Gasteiger charge is 2.09. The van der Waals surface area contributed by atoms with Gasteiger partial charge >= 0.3 is 0 Å². The first kappa shape index (κ1) is 15.8. The molecule has 0 saturated heterocycles. The first-order chi connectivity index (χ1) is 9.38. The van der Waals surface area contributed by atoms with Crippen LogP contribution in [-0.2, 0) is 4.74 Å². The van der Waals surface area contributed by atoms with Gasteiger partial charge in [-0.2, -0.15) is 0 Å². The Bertz CT molecular complexity index is 319. The second-order valence-electron chi connectivity index (χ2n) is 5.01. The van der Waals surface area contributed by atoms with E-state index in [9.17, 15) is 0 Å². The largest absolute Gasteiger partial charge is 0.492 e. The van der Waals surface area contributed by atoms with Crippen LogP contribution in [0.3, 0.4) is 0 Å². The minimum atomic E-state index is 0.682. The van der Waals surface area contributed by atoms with Crippen LogP contribution in [0, 0.1) is 0 Å². The molecule has 108 valence electrons. The van der Waals surface area contributed by atoms with Gasteiger partial charge in [-0.15, -0.1) is 0 Å². The molecule has 0 amide bonds. The van der Waals surface area contributed by atoms with Crippen LogP contribution in [0.15, 0.2) is 29.1 Å². The predicted octanol–water partition coefficient (Wildman–Crippen LogP) is 4.82. The van der Waals surface area contributed by atoms with Gasteiger partial charge in [-0.05, 0) is 38.2 Å². The third kappa shape index (κ3) is 7.04. The van der Waals surface area contributed by atoms with Crippen molar-refractivity contribution < 1.29 is 9.94 Å². The summed E-state index contributed by atoms with van der Waals surface area (Å²) in [4.78, 5) is 0. The van der Waals surface area contributed by atoms with Crippen molar-refractivity contribution in [1.82, 2.24) is 0 Å². The summed E-state index contributed by atoms with van der Waals surface area (Å²) in [5.74, 6) is 0.729. The molecule has 0 unspecified atom stereocenters. The van der Waals surface area contributed by atoms with Crippen LogP contribution in [0.5, 0.6) is 0 Å². The molecule has 3 nitrogen and oxygen atoms in total. The lowest BCUT2D eigenvalue weighted by atomic mass is 10.0. The molecule has 0 bridgehead atoms. The minimum Gasteiger partial charge on any atom is -0.492 e. The van der Waals surface area contributed by atoms with Crippen molar-refractivity contribution in [3.05, 3.63) is 24.0 Å². The number of hydrogen-bond acceptors (Lipinski definition) is 3. The van der Waals surface area contributed by atoms with E-state index in [4.69, 9.17) is 9.94 Å². The van der Waals surface area contributed by atoms with Gasteiger partial charge in [0.05, 0.1) is 6.61 Å². The summed E-state index contributed by atoms with van der Waals surface area (Å²) in [5.41, 5.74) is 0.682. The summed E-state index contributed by atoms with van der Waals surface area (Å²) in [6.07, 6.45) is 16.3. The Hall–Kier alpha value is -1.25. The maximum absolute atomic E-state index is 9.17. The molecular weight excluding hydrogens is 238 g/mol. The van der Waals surface area contributed by atoms with Crippen LogP contribution in [0.2, 0.25) is 0 Å². The fraction of sp³-hybridized carbons (Fsp3) is 0.688. The van der Waals surface area contributed by atoms with Crippen molar-refractivity contribution in [1.29, 1.82) is 0 Å². The summed E-state index contributed by atoms with van der Waals surface area (Å²) in [6, 6.07) is 0. The van der Waals surface area contributed by atoms with Crippen LogP contribution >= 0.6 is 0 Å². The van der Waals surface area contributed by atoms with Crippen LogP contribution in [-0.4, -0.2) is 17.5 Å². The molecular formula is C16H27NO2. The molecule has 0 heterocycles.